The fourth-order valence-corrected chi connectivity index (χ4v) is 3.97. The van der Waals surface area contributed by atoms with Crippen molar-refractivity contribution in [1.29, 1.82) is 0 Å². The molecule has 3 aromatic rings. The molecule has 1 unspecified atom stereocenters. The normalized spacial score (nSPS) is 18.8. The summed E-state index contributed by atoms with van der Waals surface area (Å²) in [4.78, 5) is 37.8. The number of pyridine rings is 1. The number of carbonyl (C=O) groups is 3. The summed E-state index contributed by atoms with van der Waals surface area (Å²) in [6, 6.07) is 11.1. The number of fused-ring (bicyclic) bond motifs is 2. The second kappa shape index (κ2) is 6.73. The number of amides is 3. The highest BCUT2D eigenvalue weighted by atomic mass is 16.2. The Balaban J connectivity index is 1.30. The maximum Gasteiger partial charge on any atom is 0.255 e. The van der Waals surface area contributed by atoms with Crippen molar-refractivity contribution in [2.75, 3.05) is 5.32 Å². The Morgan fingerprint density at radius 2 is 2.03 bits per heavy atom. The average Bonchev–Trinajstić information content (AvgIpc) is 3.30. The molecule has 2 aliphatic rings. The van der Waals surface area contributed by atoms with Gasteiger partial charge in [0.1, 0.15) is 6.04 Å². The zero-order valence-corrected chi connectivity index (χ0v) is 15.6. The van der Waals surface area contributed by atoms with Crippen molar-refractivity contribution in [3.63, 3.8) is 0 Å². The number of piperidine rings is 1. The lowest BCUT2D eigenvalue weighted by Crippen LogP contribution is -2.52. The quantitative estimate of drug-likeness (QED) is 0.663. The molecule has 3 amide bonds. The second-order valence-corrected chi connectivity index (χ2v) is 7.36. The van der Waals surface area contributed by atoms with Crippen molar-refractivity contribution in [3.8, 4) is 0 Å². The number of nitrogens with zero attached hydrogens (tertiary/aromatic N) is 3. The van der Waals surface area contributed by atoms with Crippen LogP contribution in [-0.2, 0) is 22.7 Å². The number of aromatic nitrogens is 2. The number of rotatable bonds is 4. The van der Waals surface area contributed by atoms with Crippen molar-refractivity contribution >= 4 is 28.9 Å². The molecule has 1 fully saturated rings. The van der Waals surface area contributed by atoms with E-state index in [1.54, 1.807) is 17.2 Å². The summed E-state index contributed by atoms with van der Waals surface area (Å²) >= 11 is 0. The smallest absolute Gasteiger partial charge is 0.255 e. The van der Waals surface area contributed by atoms with E-state index in [0.717, 1.165) is 22.3 Å². The third-order valence-electron chi connectivity index (χ3n) is 5.48. The number of nitrogens with one attached hydrogen (secondary N) is 2. The molecule has 0 bridgehead atoms. The van der Waals surface area contributed by atoms with Crippen LogP contribution in [0.2, 0.25) is 0 Å². The van der Waals surface area contributed by atoms with Gasteiger partial charge in [0.25, 0.3) is 5.91 Å². The van der Waals surface area contributed by atoms with E-state index >= 15 is 0 Å². The summed E-state index contributed by atoms with van der Waals surface area (Å²) in [5.74, 6) is -0.834. The Morgan fingerprint density at radius 3 is 2.90 bits per heavy atom. The van der Waals surface area contributed by atoms with Crippen molar-refractivity contribution in [2.45, 2.75) is 32.0 Å². The van der Waals surface area contributed by atoms with E-state index in [4.69, 9.17) is 0 Å². The minimum atomic E-state index is -0.591. The van der Waals surface area contributed by atoms with Crippen LogP contribution in [0.4, 0.5) is 5.69 Å². The van der Waals surface area contributed by atoms with Gasteiger partial charge in [-0.25, -0.2) is 4.52 Å². The molecule has 4 heterocycles. The Kier molecular flexibility index (Phi) is 4.04. The molecule has 0 aliphatic carbocycles. The van der Waals surface area contributed by atoms with Gasteiger partial charge in [0.2, 0.25) is 11.8 Å². The van der Waals surface area contributed by atoms with Crippen LogP contribution in [0, 0.1) is 0 Å². The fraction of sp³-hybridized carbons (Fsp3) is 0.238. The van der Waals surface area contributed by atoms with Crippen LogP contribution in [-0.4, -0.2) is 38.3 Å². The van der Waals surface area contributed by atoms with Crippen LogP contribution in [0.15, 0.2) is 48.8 Å². The molecule has 146 valence electrons. The van der Waals surface area contributed by atoms with E-state index in [2.05, 4.69) is 21.8 Å². The molecule has 0 radical (unpaired) electrons. The third-order valence-corrected chi connectivity index (χ3v) is 5.48. The van der Waals surface area contributed by atoms with Crippen molar-refractivity contribution in [3.05, 3.63) is 65.5 Å². The molecule has 1 atom stereocenters. The number of benzene rings is 1. The summed E-state index contributed by atoms with van der Waals surface area (Å²) in [6.07, 6.45) is 4.31. The maximum absolute atomic E-state index is 12.7. The zero-order valence-electron chi connectivity index (χ0n) is 15.6. The van der Waals surface area contributed by atoms with E-state index in [9.17, 15) is 14.4 Å². The monoisotopic (exact) mass is 389 g/mol. The molecule has 29 heavy (non-hydrogen) atoms. The van der Waals surface area contributed by atoms with Crippen LogP contribution in [0.1, 0.15) is 34.3 Å². The molecular weight excluding hydrogens is 370 g/mol. The van der Waals surface area contributed by atoms with Gasteiger partial charge in [-0.3, -0.25) is 19.7 Å². The largest absolute Gasteiger partial charge is 0.381 e. The van der Waals surface area contributed by atoms with Crippen LogP contribution < -0.4 is 10.6 Å². The topological polar surface area (TPSA) is 95.8 Å². The van der Waals surface area contributed by atoms with Gasteiger partial charge < -0.3 is 10.2 Å². The van der Waals surface area contributed by atoms with Crippen molar-refractivity contribution in [2.24, 2.45) is 0 Å². The van der Waals surface area contributed by atoms with Gasteiger partial charge in [0.05, 0.1) is 5.52 Å². The van der Waals surface area contributed by atoms with Gasteiger partial charge in [-0.1, -0.05) is 0 Å². The lowest BCUT2D eigenvalue weighted by molar-refractivity contribution is -0.136. The Morgan fingerprint density at radius 1 is 1.14 bits per heavy atom. The molecule has 2 aromatic heterocycles. The number of hydrogen-bond donors (Lipinski definition) is 2. The van der Waals surface area contributed by atoms with Gasteiger partial charge in [0.15, 0.2) is 0 Å². The standard InChI is InChI=1S/C21H19N5O3/c27-19-4-3-18(20(28)24-19)25-12-14-10-15(1-2-17(14)21(25)29)22-11-13-6-8-26-16(9-13)5-7-23-26/h1-2,5-10,18,22H,3-4,11-12H2,(H,24,27,28). The number of imide groups is 1. The minimum Gasteiger partial charge on any atom is -0.381 e. The fourth-order valence-electron chi connectivity index (χ4n) is 3.97. The first-order valence-electron chi connectivity index (χ1n) is 9.52. The number of anilines is 1. The van der Waals surface area contributed by atoms with Crippen LogP contribution in [0.25, 0.3) is 5.52 Å². The highest BCUT2D eigenvalue weighted by molar-refractivity contribution is 6.05. The van der Waals surface area contributed by atoms with Gasteiger partial charge in [-0.15, -0.1) is 0 Å². The molecule has 8 nitrogen and oxygen atoms in total. The highest BCUT2D eigenvalue weighted by Crippen LogP contribution is 2.29. The van der Waals surface area contributed by atoms with Crippen LogP contribution >= 0.6 is 0 Å². The Bertz CT molecular complexity index is 1150. The first-order valence-corrected chi connectivity index (χ1v) is 9.52. The molecule has 0 saturated carbocycles. The van der Waals surface area contributed by atoms with E-state index in [0.29, 0.717) is 25.1 Å². The van der Waals surface area contributed by atoms with Gasteiger partial charge in [-0.05, 0) is 53.9 Å². The van der Waals surface area contributed by atoms with E-state index in [1.807, 2.05) is 35.0 Å². The zero-order chi connectivity index (χ0) is 20.0. The predicted octanol–water partition coefficient (Wildman–Crippen LogP) is 1.71. The maximum atomic E-state index is 12.7. The second-order valence-electron chi connectivity index (χ2n) is 7.36. The summed E-state index contributed by atoms with van der Waals surface area (Å²) in [5, 5.41) is 9.90. The molecular formula is C21H19N5O3. The van der Waals surface area contributed by atoms with E-state index in [1.165, 1.54) is 0 Å². The first-order chi connectivity index (χ1) is 14.1. The molecule has 5 rings (SSSR count). The highest BCUT2D eigenvalue weighted by Gasteiger charge is 2.39. The summed E-state index contributed by atoms with van der Waals surface area (Å²) < 4.78 is 1.81. The van der Waals surface area contributed by atoms with Gasteiger partial charge in [-0.2, -0.15) is 5.10 Å². The molecule has 2 aliphatic heterocycles. The summed E-state index contributed by atoms with van der Waals surface area (Å²) in [7, 11) is 0. The molecule has 8 heteroatoms. The lowest BCUT2D eigenvalue weighted by atomic mass is 10.0. The average molecular weight is 389 g/mol. The molecule has 2 N–H and O–H groups in total. The van der Waals surface area contributed by atoms with Crippen LogP contribution in [0.5, 0.6) is 0 Å². The third kappa shape index (κ3) is 3.12. The summed E-state index contributed by atoms with van der Waals surface area (Å²) in [6.45, 7) is 1.02. The van der Waals surface area contributed by atoms with Gasteiger partial charge in [0, 0.05) is 43.2 Å². The summed E-state index contributed by atoms with van der Waals surface area (Å²) in [5.41, 5.74) is 4.57. The Labute approximate surface area is 166 Å². The number of hydrogen-bond acceptors (Lipinski definition) is 5. The number of carbonyl (C=O) groups excluding carboxylic acids is 3. The van der Waals surface area contributed by atoms with E-state index in [-0.39, 0.29) is 18.2 Å². The SMILES string of the molecule is O=C1CCC(N2Cc3cc(NCc4ccn5nccc5c4)ccc3C2=O)C(=O)N1. The first kappa shape index (κ1) is 17.4. The van der Waals surface area contributed by atoms with Crippen molar-refractivity contribution in [1.82, 2.24) is 19.8 Å². The molecule has 1 aromatic carbocycles. The molecule has 0 spiro atoms. The minimum absolute atomic E-state index is 0.160. The predicted molar refractivity (Wildman–Crippen MR) is 105 cm³/mol. The van der Waals surface area contributed by atoms with E-state index < -0.39 is 11.9 Å². The van der Waals surface area contributed by atoms with Gasteiger partial charge >= 0.3 is 0 Å². The lowest BCUT2D eigenvalue weighted by Gasteiger charge is -2.29. The van der Waals surface area contributed by atoms with Crippen molar-refractivity contribution < 1.29 is 14.4 Å². The van der Waals surface area contributed by atoms with Crippen LogP contribution in [0.3, 0.4) is 0 Å². The molecule has 1 saturated heterocycles. The Hall–Kier alpha value is -3.68.